The van der Waals surface area contributed by atoms with E-state index >= 15 is 0 Å². The molecule has 0 heterocycles. The molecule has 0 radical (unpaired) electrons. The number of hydrogen-bond donors (Lipinski definition) is 3. The molecule has 1 amide bonds. The third-order valence-electron chi connectivity index (χ3n) is 3.17. The fraction of sp³-hybridized carbons (Fsp3) is 0.176. The zero-order valence-corrected chi connectivity index (χ0v) is 13.3. The van der Waals surface area contributed by atoms with Crippen LogP contribution in [0.3, 0.4) is 0 Å². The van der Waals surface area contributed by atoms with E-state index in [1.165, 1.54) is 12.1 Å². The molecule has 0 saturated carbocycles. The summed E-state index contributed by atoms with van der Waals surface area (Å²) in [5.74, 6) is -0.465. The van der Waals surface area contributed by atoms with E-state index in [-0.39, 0.29) is 11.7 Å². The molecule has 4 nitrogen and oxygen atoms in total. The quantitative estimate of drug-likeness (QED) is 0.582. The number of amides is 1. The zero-order valence-electron chi connectivity index (χ0n) is 12.5. The summed E-state index contributed by atoms with van der Waals surface area (Å²) in [4.78, 5) is 11.7. The molecule has 0 unspecified atom stereocenters. The Morgan fingerprint density at radius 3 is 2.35 bits per heavy atom. The van der Waals surface area contributed by atoms with E-state index in [4.69, 9.17) is 12.2 Å². The van der Waals surface area contributed by atoms with Gasteiger partial charge in [-0.2, -0.15) is 0 Å². The predicted octanol–water partition coefficient (Wildman–Crippen LogP) is 2.45. The lowest BCUT2D eigenvalue weighted by Gasteiger charge is -2.11. The smallest absolute Gasteiger partial charge is 0.238 e. The van der Waals surface area contributed by atoms with Gasteiger partial charge in [-0.05, 0) is 41.9 Å². The molecule has 0 bridgehead atoms. The maximum atomic E-state index is 12.8. The summed E-state index contributed by atoms with van der Waals surface area (Å²) >= 11 is 5.08. The molecule has 2 rings (SSSR count). The van der Waals surface area contributed by atoms with Gasteiger partial charge in [-0.1, -0.05) is 42.5 Å². The lowest BCUT2D eigenvalue weighted by Crippen LogP contribution is -2.46. The third kappa shape index (κ3) is 6.44. The van der Waals surface area contributed by atoms with E-state index in [9.17, 15) is 9.18 Å². The third-order valence-corrected chi connectivity index (χ3v) is 3.41. The molecule has 2 aromatic rings. The second kappa shape index (κ2) is 8.85. The summed E-state index contributed by atoms with van der Waals surface area (Å²) in [5, 5.41) is 3.35. The molecule has 23 heavy (non-hydrogen) atoms. The Bertz CT molecular complexity index is 647. The Balaban J connectivity index is 1.63. The van der Waals surface area contributed by atoms with Gasteiger partial charge in [0.15, 0.2) is 5.11 Å². The minimum absolute atomic E-state index is 0.182. The molecule has 3 N–H and O–H groups in total. The maximum Gasteiger partial charge on any atom is 0.238 e. The van der Waals surface area contributed by atoms with Crippen LogP contribution in [-0.2, 0) is 17.8 Å². The molecule has 2 aromatic carbocycles. The highest BCUT2D eigenvalue weighted by Crippen LogP contribution is 2.05. The van der Waals surface area contributed by atoms with Crippen LogP contribution in [0.25, 0.3) is 0 Å². The molecule has 6 heteroatoms. The van der Waals surface area contributed by atoms with Gasteiger partial charge in [0.2, 0.25) is 5.91 Å². The topological polar surface area (TPSA) is 53.2 Å². The molecule has 0 aromatic heterocycles. The van der Waals surface area contributed by atoms with Gasteiger partial charge < -0.3 is 5.32 Å². The van der Waals surface area contributed by atoms with Crippen LogP contribution >= 0.6 is 12.2 Å². The number of halogens is 1. The van der Waals surface area contributed by atoms with Crippen molar-refractivity contribution in [3.63, 3.8) is 0 Å². The Morgan fingerprint density at radius 2 is 1.65 bits per heavy atom. The highest BCUT2D eigenvalue weighted by molar-refractivity contribution is 7.80. The van der Waals surface area contributed by atoms with Crippen molar-refractivity contribution in [2.75, 3.05) is 0 Å². The lowest BCUT2D eigenvalue weighted by molar-refractivity contribution is -0.121. The van der Waals surface area contributed by atoms with Gasteiger partial charge in [-0.15, -0.1) is 0 Å². The number of aryl methyl sites for hydroxylation is 1. The van der Waals surface area contributed by atoms with E-state index < -0.39 is 0 Å². The number of benzene rings is 2. The van der Waals surface area contributed by atoms with Crippen molar-refractivity contribution in [1.29, 1.82) is 0 Å². The fourth-order valence-corrected chi connectivity index (χ4v) is 2.04. The van der Waals surface area contributed by atoms with E-state index in [1.807, 2.05) is 30.3 Å². The van der Waals surface area contributed by atoms with E-state index in [0.717, 1.165) is 11.1 Å². The van der Waals surface area contributed by atoms with Crippen molar-refractivity contribution in [2.45, 2.75) is 19.4 Å². The zero-order chi connectivity index (χ0) is 16.5. The number of hydrazine groups is 1. The van der Waals surface area contributed by atoms with Gasteiger partial charge in [0.1, 0.15) is 5.82 Å². The average Bonchev–Trinajstić information content (AvgIpc) is 2.58. The Labute approximate surface area is 140 Å². The summed E-state index contributed by atoms with van der Waals surface area (Å²) in [6.07, 6.45) is 0.831. The van der Waals surface area contributed by atoms with Crippen LogP contribution in [0.5, 0.6) is 0 Å². The van der Waals surface area contributed by atoms with E-state index in [1.54, 1.807) is 12.1 Å². The molecular weight excluding hydrogens is 313 g/mol. The molecule has 0 atom stereocenters. The highest BCUT2D eigenvalue weighted by atomic mass is 32.1. The van der Waals surface area contributed by atoms with Crippen molar-refractivity contribution in [1.82, 2.24) is 16.2 Å². The number of hydrogen-bond acceptors (Lipinski definition) is 2. The molecule has 0 spiro atoms. The van der Waals surface area contributed by atoms with Gasteiger partial charge in [0.05, 0.1) is 0 Å². The second-order valence-corrected chi connectivity index (χ2v) is 5.38. The first kappa shape index (κ1) is 16.9. The normalized spacial score (nSPS) is 9.96. The number of carbonyl (C=O) groups is 1. The van der Waals surface area contributed by atoms with Gasteiger partial charge >= 0.3 is 0 Å². The SMILES string of the molecule is O=C(CCc1ccc(F)cc1)NNC(=S)NCc1ccccc1. The molecule has 0 fully saturated rings. The highest BCUT2D eigenvalue weighted by Gasteiger charge is 2.03. The van der Waals surface area contributed by atoms with Crippen LogP contribution in [0.1, 0.15) is 17.5 Å². The maximum absolute atomic E-state index is 12.8. The van der Waals surface area contributed by atoms with Crippen LogP contribution in [0.15, 0.2) is 54.6 Å². The molecule has 120 valence electrons. The average molecular weight is 331 g/mol. The summed E-state index contributed by atoms with van der Waals surface area (Å²) in [6.45, 7) is 0.581. The minimum Gasteiger partial charge on any atom is -0.357 e. The molecule has 0 aliphatic heterocycles. The van der Waals surface area contributed by atoms with Crippen molar-refractivity contribution in [3.05, 3.63) is 71.5 Å². The van der Waals surface area contributed by atoms with Crippen molar-refractivity contribution >= 4 is 23.2 Å². The van der Waals surface area contributed by atoms with Crippen LogP contribution in [0.4, 0.5) is 4.39 Å². The molecule has 0 saturated heterocycles. The monoisotopic (exact) mass is 331 g/mol. The molecule has 0 aliphatic carbocycles. The van der Waals surface area contributed by atoms with Crippen LogP contribution in [-0.4, -0.2) is 11.0 Å². The largest absolute Gasteiger partial charge is 0.357 e. The number of carbonyl (C=O) groups excluding carboxylic acids is 1. The van der Waals surface area contributed by atoms with Gasteiger partial charge in [0.25, 0.3) is 0 Å². The van der Waals surface area contributed by atoms with Crippen molar-refractivity contribution in [2.24, 2.45) is 0 Å². The van der Waals surface area contributed by atoms with Crippen molar-refractivity contribution < 1.29 is 9.18 Å². The van der Waals surface area contributed by atoms with Crippen molar-refractivity contribution in [3.8, 4) is 0 Å². The van der Waals surface area contributed by atoms with E-state index in [0.29, 0.717) is 24.5 Å². The van der Waals surface area contributed by atoms with Crippen LogP contribution < -0.4 is 16.2 Å². The predicted molar refractivity (Wildman–Crippen MR) is 91.9 cm³/mol. The standard InChI is InChI=1S/C17H18FN3OS/c18-15-9-6-13(7-10-15)8-11-16(22)20-21-17(23)19-12-14-4-2-1-3-5-14/h1-7,9-10H,8,11-12H2,(H,20,22)(H2,19,21,23). The summed E-state index contributed by atoms with van der Waals surface area (Å²) in [6, 6.07) is 15.9. The molecule has 0 aliphatic rings. The Hall–Kier alpha value is -2.47. The van der Waals surface area contributed by atoms with E-state index in [2.05, 4.69) is 16.2 Å². The van der Waals surface area contributed by atoms with Gasteiger partial charge in [-0.3, -0.25) is 15.6 Å². The number of rotatable bonds is 5. The second-order valence-electron chi connectivity index (χ2n) is 4.97. The first-order valence-electron chi connectivity index (χ1n) is 7.24. The summed E-state index contributed by atoms with van der Waals surface area (Å²) in [7, 11) is 0. The summed E-state index contributed by atoms with van der Waals surface area (Å²) < 4.78 is 12.8. The van der Waals surface area contributed by atoms with Crippen LogP contribution in [0, 0.1) is 5.82 Å². The first-order valence-corrected chi connectivity index (χ1v) is 7.65. The van der Waals surface area contributed by atoms with Gasteiger partial charge in [-0.25, -0.2) is 4.39 Å². The van der Waals surface area contributed by atoms with Crippen LogP contribution in [0.2, 0.25) is 0 Å². The van der Waals surface area contributed by atoms with Gasteiger partial charge in [0, 0.05) is 13.0 Å². The lowest BCUT2D eigenvalue weighted by atomic mass is 10.1. The number of thiocarbonyl (C=S) groups is 1. The fourth-order valence-electron chi connectivity index (χ4n) is 1.92. The Kier molecular flexibility index (Phi) is 6.50. The Morgan fingerprint density at radius 1 is 0.957 bits per heavy atom. The minimum atomic E-state index is -0.283. The molecular formula is C17H18FN3OS. The number of nitrogens with one attached hydrogen (secondary N) is 3. The first-order chi connectivity index (χ1) is 11.1. The summed E-state index contributed by atoms with van der Waals surface area (Å²) in [5.41, 5.74) is 7.20.